The number of morpholine rings is 1. The maximum atomic E-state index is 12.7. The van der Waals surface area contributed by atoms with Gasteiger partial charge in [-0.1, -0.05) is 0 Å². The smallest absolute Gasteiger partial charge is 0.379 e. The second-order valence-electron chi connectivity index (χ2n) is 6.30. The van der Waals surface area contributed by atoms with Crippen LogP contribution >= 0.6 is 0 Å². The number of hydrogen-bond acceptors (Lipinski definition) is 4. The molecule has 0 bridgehead atoms. The van der Waals surface area contributed by atoms with Crippen molar-refractivity contribution in [2.45, 2.75) is 24.9 Å². The van der Waals surface area contributed by atoms with E-state index in [2.05, 4.69) is 20.0 Å². The van der Waals surface area contributed by atoms with Gasteiger partial charge in [0.05, 0.1) is 13.2 Å². The number of ether oxygens (including phenoxy) is 1. The Hall–Kier alpha value is -1.12. The van der Waals surface area contributed by atoms with Gasteiger partial charge in [-0.15, -0.1) is 0 Å². The fourth-order valence-corrected chi connectivity index (χ4v) is 3.31. The van der Waals surface area contributed by atoms with Crippen LogP contribution < -0.4 is 0 Å². The third-order valence-electron chi connectivity index (χ3n) is 4.67. The van der Waals surface area contributed by atoms with E-state index in [0.717, 1.165) is 71.4 Å². The molecule has 23 heavy (non-hydrogen) atoms. The molecule has 1 atom stereocenters. The van der Waals surface area contributed by atoms with Crippen LogP contribution in [0.1, 0.15) is 30.1 Å². The van der Waals surface area contributed by atoms with Crippen LogP contribution in [0.4, 0.5) is 13.2 Å². The lowest BCUT2D eigenvalue weighted by atomic mass is 9.94. The lowest BCUT2D eigenvalue weighted by Crippen LogP contribution is -2.43. The first-order valence-electron chi connectivity index (χ1n) is 8.17. The molecule has 2 aliphatic rings. The molecule has 0 radical (unpaired) electrons. The first kappa shape index (κ1) is 16.7. The number of nitrogens with one attached hydrogen (secondary N) is 1. The molecule has 0 aliphatic carbocycles. The molecule has 5 nitrogen and oxygen atoms in total. The number of likely N-dealkylation sites (tertiary alicyclic amines) is 1. The molecule has 1 aromatic rings. The Balaban J connectivity index is 1.52. The molecule has 2 fully saturated rings. The molecule has 0 spiro atoms. The number of alkyl halides is 3. The normalized spacial score (nSPS) is 24.9. The minimum atomic E-state index is -4.38. The van der Waals surface area contributed by atoms with E-state index in [4.69, 9.17) is 4.74 Å². The zero-order chi connectivity index (χ0) is 16.3. The quantitative estimate of drug-likeness (QED) is 0.915. The fourth-order valence-electron chi connectivity index (χ4n) is 3.31. The van der Waals surface area contributed by atoms with Crippen LogP contribution in [0.5, 0.6) is 0 Å². The van der Waals surface area contributed by atoms with Gasteiger partial charge in [0, 0.05) is 44.3 Å². The SMILES string of the molecule is FC(F)(F)c1cc([C@@H]2CCCN(CCN3CCOCC3)C2)[nH]n1. The zero-order valence-electron chi connectivity index (χ0n) is 13.1. The summed E-state index contributed by atoms with van der Waals surface area (Å²) in [6, 6.07) is 1.16. The van der Waals surface area contributed by atoms with Crippen molar-refractivity contribution in [1.82, 2.24) is 20.0 Å². The Morgan fingerprint density at radius 2 is 1.91 bits per heavy atom. The standard InChI is InChI=1S/C15H23F3N4O/c16-15(17,18)14-10-13(19-20-14)12-2-1-3-22(11-12)5-4-21-6-8-23-9-7-21/h10,12H,1-9,11H2,(H,19,20)/t12-/m1/s1. The minimum Gasteiger partial charge on any atom is -0.379 e. The van der Waals surface area contributed by atoms with E-state index in [1.165, 1.54) is 0 Å². The molecule has 3 heterocycles. The van der Waals surface area contributed by atoms with Crippen molar-refractivity contribution in [1.29, 1.82) is 0 Å². The summed E-state index contributed by atoms with van der Waals surface area (Å²) in [4.78, 5) is 4.72. The van der Waals surface area contributed by atoms with Crippen LogP contribution in [-0.2, 0) is 10.9 Å². The van der Waals surface area contributed by atoms with Gasteiger partial charge in [-0.3, -0.25) is 10.00 Å². The third kappa shape index (κ3) is 4.45. The van der Waals surface area contributed by atoms with E-state index in [9.17, 15) is 13.2 Å². The largest absolute Gasteiger partial charge is 0.435 e. The van der Waals surface area contributed by atoms with Gasteiger partial charge in [0.2, 0.25) is 0 Å². The first-order chi connectivity index (χ1) is 11.0. The van der Waals surface area contributed by atoms with Gasteiger partial charge in [0.25, 0.3) is 0 Å². The summed E-state index contributed by atoms with van der Waals surface area (Å²) >= 11 is 0. The van der Waals surface area contributed by atoms with Crippen LogP contribution in [0.15, 0.2) is 6.07 Å². The van der Waals surface area contributed by atoms with E-state index in [1.807, 2.05) is 0 Å². The molecule has 0 saturated carbocycles. The molecule has 3 rings (SSSR count). The molecule has 0 unspecified atom stereocenters. The molecule has 0 aromatic carbocycles. The number of nitrogens with zero attached hydrogens (tertiary/aromatic N) is 3. The van der Waals surface area contributed by atoms with Crippen LogP contribution in [-0.4, -0.2) is 72.5 Å². The van der Waals surface area contributed by atoms with Crippen molar-refractivity contribution in [2.75, 3.05) is 52.5 Å². The fraction of sp³-hybridized carbons (Fsp3) is 0.800. The summed E-state index contributed by atoms with van der Waals surface area (Å²) in [6.45, 7) is 7.27. The maximum absolute atomic E-state index is 12.7. The third-order valence-corrected chi connectivity index (χ3v) is 4.67. The summed E-state index contributed by atoms with van der Waals surface area (Å²) < 4.78 is 43.3. The predicted molar refractivity (Wildman–Crippen MR) is 79.3 cm³/mol. The van der Waals surface area contributed by atoms with Crippen molar-refractivity contribution in [2.24, 2.45) is 0 Å². The van der Waals surface area contributed by atoms with Crippen molar-refractivity contribution in [3.8, 4) is 0 Å². The highest BCUT2D eigenvalue weighted by molar-refractivity contribution is 5.16. The van der Waals surface area contributed by atoms with Crippen LogP contribution in [0.3, 0.4) is 0 Å². The van der Waals surface area contributed by atoms with E-state index in [1.54, 1.807) is 0 Å². The van der Waals surface area contributed by atoms with Crippen molar-refractivity contribution >= 4 is 0 Å². The lowest BCUT2D eigenvalue weighted by molar-refractivity contribution is -0.141. The minimum absolute atomic E-state index is 0.108. The number of piperidine rings is 1. The van der Waals surface area contributed by atoms with Gasteiger partial charge in [-0.25, -0.2) is 0 Å². The van der Waals surface area contributed by atoms with Crippen LogP contribution in [0, 0.1) is 0 Å². The number of aromatic amines is 1. The number of halogens is 3. The lowest BCUT2D eigenvalue weighted by Gasteiger charge is -2.34. The van der Waals surface area contributed by atoms with Gasteiger partial charge in [0.1, 0.15) is 0 Å². The summed E-state index contributed by atoms with van der Waals surface area (Å²) in [6.07, 6.45) is -2.46. The van der Waals surface area contributed by atoms with Crippen LogP contribution in [0.2, 0.25) is 0 Å². The van der Waals surface area contributed by atoms with Gasteiger partial charge in [-0.2, -0.15) is 18.3 Å². The van der Waals surface area contributed by atoms with Crippen molar-refractivity contribution in [3.63, 3.8) is 0 Å². The number of aromatic nitrogens is 2. The molecule has 2 aliphatic heterocycles. The molecule has 0 amide bonds. The Morgan fingerprint density at radius 3 is 2.61 bits per heavy atom. The second-order valence-corrected chi connectivity index (χ2v) is 6.30. The highest BCUT2D eigenvalue weighted by Gasteiger charge is 2.35. The number of rotatable bonds is 4. The maximum Gasteiger partial charge on any atom is 0.435 e. The van der Waals surface area contributed by atoms with E-state index >= 15 is 0 Å². The second kappa shape index (κ2) is 7.19. The molecular weight excluding hydrogens is 309 g/mol. The molecule has 130 valence electrons. The molecule has 1 aromatic heterocycles. The Morgan fingerprint density at radius 1 is 1.17 bits per heavy atom. The summed E-state index contributed by atoms with van der Waals surface area (Å²) in [7, 11) is 0. The summed E-state index contributed by atoms with van der Waals surface area (Å²) in [5.41, 5.74) is -0.216. The number of hydrogen-bond donors (Lipinski definition) is 1. The Labute approximate surface area is 133 Å². The highest BCUT2D eigenvalue weighted by Crippen LogP contribution is 2.31. The van der Waals surface area contributed by atoms with Crippen molar-refractivity contribution in [3.05, 3.63) is 17.5 Å². The van der Waals surface area contributed by atoms with Gasteiger partial charge < -0.3 is 9.64 Å². The topological polar surface area (TPSA) is 44.4 Å². The molecule has 1 N–H and O–H groups in total. The van der Waals surface area contributed by atoms with Gasteiger partial charge >= 0.3 is 6.18 Å². The van der Waals surface area contributed by atoms with Crippen molar-refractivity contribution < 1.29 is 17.9 Å². The molecule has 2 saturated heterocycles. The monoisotopic (exact) mass is 332 g/mol. The first-order valence-corrected chi connectivity index (χ1v) is 8.17. The van der Waals surface area contributed by atoms with E-state index in [0.29, 0.717) is 5.69 Å². The Bertz CT molecular complexity index is 499. The van der Waals surface area contributed by atoms with E-state index < -0.39 is 11.9 Å². The van der Waals surface area contributed by atoms with Crippen LogP contribution in [0.25, 0.3) is 0 Å². The molecule has 8 heteroatoms. The predicted octanol–water partition coefficient (Wildman–Crippen LogP) is 1.94. The van der Waals surface area contributed by atoms with Gasteiger partial charge in [-0.05, 0) is 25.5 Å². The van der Waals surface area contributed by atoms with Gasteiger partial charge in [0.15, 0.2) is 5.69 Å². The summed E-state index contributed by atoms with van der Waals surface area (Å²) in [5.74, 6) is 0.108. The molecular formula is C15H23F3N4O. The summed E-state index contributed by atoms with van der Waals surface area (Å²) in [5, 5.41) is 6.00. The average Bonchev–Trinajstić information content (AvgIpc) is 3.05. The Kier molecular flexibility index (Phi) is 5.23. The van der Waals surface area contributed by atoms with E-state index in [-0.39, 0.29) is 5.92 Å². The highest BCUT2D eigenvalue weighted by atomic mass is 19.4. The zero-order valence-corrected chi connectivity index (χ0v) is 13.1. The average molecular weight is 332 g/mol. The number of H-pyrrole nitrogens is 1.